The maximum atomic E-state index is 8.74. The first-order chi connectivity index (χ1) is 7.56. The number of aromatic nitrogens is 2. The van der Waals surface area contributed by atoms with Gasteiger partial charge in [-0.3, -0.25) is 0 Å². The summed E-state index contributed by atoms with van der Waals surface area (Å²) in [7, 11) is 0. The smallest absolute Gasteiger partial charge is 0.134 e. The van der Waals surface area contributed by atoms with Crippen molar-refractivity contribution in [2.45, 2.75) is 38.1 Å². The van der Waals surface area contributed by atoms with Crippen LogP contribution in [-0.2, 0) is 0 Å². The number of aliphatic hydroxyl groups is 1. The summed E-state index contributed by atoms with van der Waals surface area (Å²) in [6.45, 7) is 6.24. The highest BCUT2D eigenvalue weighted by Gasteiger charge is 2.11. The van der Waals surface area contributed by atoms with Crippen LogP contribution >= 0.6 is 11.8 Å². The molecule has 4 nitrogen and oxygen atoms in total. The van der Waals surface area contributed by atoms with Gasteiger partial charge in [-0.1, -0.05) is 13.8 Å². The zero-order valence-electron chi connectivity index (χ0n) is 10.0. The molecular formula is C11H19N3OS. The summed E-state index contributed by atoms with van der Waals surface area (Å²) in [5.41, 5.74) is 6.79. The molecule has 1 rings (SSSR count). The van der Waals surface area contributed by atoms with Gasteiger partial charge in [-0.05, 0) is 13.3 Å². The van der Waals surface area contributed by atoms with Crippen molar-refractivity contribution in [2.24, 2.45) is 0 Å². The van der Waals surface area contributed by atoms with E-state index in [-0.39, 0.29) is 12.5 Å². The fourth-order valence-corrected chi connectivity index (χ4v) is 2.11. The lowest BCUT2D eigenvalue weighted by Crippen LogP contribution is -2.06. The lowest BCUT2D eigenvalue weighted by atomic mass is 10.2. The summed E-state index contributed by atoms with van der Waals surface area (Å²) in [5, 5.41) is 9.68. The minimum atomic E-state index is 0.212. The largest absolute Gasteiger partial charge is 0.396 e. The Labute approximate surface area is 101 Å². The Morgan fingerprint density at radius 2 is 2.06 bits per heavy atom. The van der Waals surface area contributed by atoms with Gasteiger partial charge in [-0.2, -0.15) is 0 Å². The number of aliphatic hydroxyl groups excluding tert-OH is 1. The zero-order chi connectivity index (χ0) is 12.1. The third-order valence-corrected chi connectivity index (χ3v) is 3.38. The van der Waals surface area contributed by atoms with Gasteiger partial charge in [0.15, 0.2) is 0 Å². The van der Waals surface area contributed by atoms with Crippen LogP contribution in [0.5, 0.6) is 0 Å². The van der Waals surface area contributed by atoms with E-state index in [0.717, 1.165) is 28.6 Å². The first-order valence-electron chi connectivity index (χ1n) is 5.44. The van der Waals surface area contributed by atoms with Crippen molar-refractivity contribution >= 4 is 17.6 Å². The Balaban J connectivity index is 2.88. The van der Waals surface area contributed by atoms with Crippen LogP contribution in [0.1, 0.15) is 37.6 Å². The molecular weight excluding hydrogens is 222 g/mol. The van der Waals surface area contributed by atoms with Crippen LogP contribution in [-0.4, -0.2) is 27.4 Å². The summed E-state index contributed by atoms with van der Waals surface area (Å²) < 4.78 is 0. The molecule has 1 aromatic rings. The molecule has 5 heteroatoms. The number of anilines is 1. The van der Waals surface area contributed by atoms with Crippen LogP contribution in [0.4, 0.5) is 5.82 Å². The summed E-state index contributed by atoms with van der Waals surface area (Å²) in [6.07, 6.45) is 0.769. The number of thioether (sulfide) groups is 1. The molecule has 1 aromatic heterocycles. The van der Waals surface area contributed by atoms with E-state index in [1.54, 1.807) is 11.8 Å². The molecule has 0 aliphatic heterocycles. The van der Waals surface area contributed by atoms with Gasteiger partial charge in [0.25, 0.3) is 0 Å². The van der Waals surface area contributed by atoms with E-state index in [2.05, 4.69) is 9.97 Å². The first kappa shape index (κ1) is 13.3. The Kier molecular flexibility index (Phi) is 5.02. The van der Waals surface area contributed by atoms with E-state index in [1.165, 1.54) is 0 Å². The SMILES string of the molecule is Cc1c(N)nc(C(C)C)nc1SCCCO. The molecule has 0 spiro atoms. The molecule has 0 saturated heterocycles. The summed E-state index contributed by atoms with van der Waals surface area (Å²) in [4.78, 5) is 8.76. The predicted molar refractivity (Wildman–Crippen MR) is 67.7 cm³/mol. The molecule has 0 unspecified atom stereocenters. The molecule has 0 aromatic carbocycles. The molecule has 0 amide bonds. The number of hydrogen-bond donors (Lipinski definition) is 2. The molecule has 0 aliphatic rings. The molecule has 90 valence electrons. The van der Waals surface area contributed by atoms with Crippen LogP contribution in [0.2, 0.25) is 0 Å². The number of rotatable bonds is 5. The fraction of sp³-hybridized carbons (Fsp3) is 0.636. The highest BCUT2D eigenvalue weighted by atomic mass is 32.2. The number of nitrogen functional groups attached to an aromatic ring is 1. The van der Waals surface area contributed by atoms with Gasteiger partial charge in [0.05, 0.1) is 0 Å². The number of nitrogens with two attached hydrogens (primary N) is 1. The van der Waals surface area contributed by atoms with Gasteiger partial charge < -0.3 is 10.8 Å². The highest BCUT2D eigenvalue weighted by Crippen LogP contribution is 2.25. The van der Waals surface area contributed by atoms with Crippen molar-refractivity contribution in [1.82, 2.24) is 9.97 Å². The van der Waals surface area contributed by atoms with Gasteiger partial charge >= 0.3 is 0 Å². The Hall–Kier alpha value is -0.810. The van der Waals surface area contributed by atoms with E-state index in [4.69, 9.17) is 10.8 Å². The fourth-order valence-electron chi connectivity index (χ4n) is 1.16. The topological polar surface area (TPSA) is 72.0 Å². The maximum Gasteiger partial charge on any atom is 0.134 e. The van der Waals surface area contributed by atoms with E-state index < -0.39 is 0 Å². The van der Waals surface area contributed by atoms with Gasteiger partial charge in [0.2, 0.25) is 0 Å². The third kappa shape index (κ3) is 3.35. The van der Waals surface area contributed by atoms with Crippen molar-refractivity contribution in [1.29, 1.82) is 0 Å². The first-order valence-corrected chi connectivity index (χ1v) is 6.42. The van der Waals surface area contributed by atoms with Crippen LogP contribution < -0.4 is 5.73 Å². The van der Waals surface area contributed by atoms with E-state index in [1.807, 2.05) is 20.8 Å². The monoisotopic (exact) mass is 241 g/mol. The van der Waals surface area contributed by atoms with Crippen molar-refractivity contribution in [2.75, 3.05) is 18.1 Å². The van der Waals surface area contributed by atoms with Gasteiger partial charge in [0, 0.05) is 23.8 Å². The average molecular weight is 241 g/mol. The Morgan fingerprint density at radius 1 is 1.38 bits per heavy atom. The summed E-state index contributed by atoms with van der Waals surface area (Å²) in [6, 6.07) is 0. The highest BCUT2D eigenvalue weighted by molar-refractivity contribution is 7.99. The molecule has 16 heavy (non-hydrogen) atoms. The van der Waals surface area contributed by atoms with E-state index in [0.29, 0.717) is 5.82 Å². The second-order valence-corrected chi connectivity index (χ2v) is 5.06. The number of hydrogen-bond acceptors (Lipinski definition) is 5. The lowest BCUT2D eigenvalue weighted by Gasteiger charge is -2.11. The van der Waals surface area contributed by atoms with E-state index >= 15 is 0 Å². The minimum Gasteiger partial charge on any atom is -0.396 e. The van der Waals surface area contributed by atoms with Crippen molar-refractivity contribution in [3.8, 4) is 0 Å². The van der Waals surface area contributed by atoms with Gasteiger partial charge in [-0.25, -0.2) is 9.97 Å². The normalized spacial score (nSPS) is 11.1. The molecule has 3 N–H and O–H groups in total. The molecule has 0 saturated carbocycles. The molecule has 0 fully saturated rings. The molecule has 0 bridgehead atoms. The van der Waals surface area contributed by atoms with Crippen molar-refractivity contribution in [3.63, 3.8) is 0 Å². The zero-order valence-corrected chi connectivity index (χ0v) is 10.8. The van der Waals surface area contributed by atoms with Crippen molar-refractivity contribution in [3.05, 3.63) is 11.4 Å². The van der Waals surface area contributed by atoms with Gasteiger partial charge in [-0.15, -0.1) is 11.8 Å². The Bertz CT molecular complexity index is 355. The standard InChI is InChI=1S/C11H19N3OS/c1-7(2)10-13-9(12)8(3)11(14-10)16-6-4-5-15/h7,15H,4-6H2,1-3H3,(H2,12,13,14). The van der Waals surface area contributed by atoms with Crippen LogP contribution in [0.25, 0.3) is 0 Å². The van der Waals surface area contributed by atoms with Crippen LogP contribution in [0.3, 0.4) is 0 Å². The maximum absolute atomic E-state index is 8.74. The lowest BCUT2D eigenvalue weighted by molar-refractivity contribution is 0.296. The van der Waals surface area contributed by atoms with E-state index in [9.17, 15) is 0 Å². The summed E-state index contributed by atoms with van der Waals surface area (Å²) in [5.74, 6) is 2.48. The third-order valence-electron chi connectivity index (χ3n) is 2.21. The predicted octanol–water partition coefficient (Wildman–Crippen LogP) is 1.97. The minimum absolute atomic E-state index is 0.212. The second-order valence-electron chi connectivity index (χ2n) is 3.98. The van der Waals surface area contributed by atoms with Crippen LogP contribution in [0, 0.1) is 6.92 Å². The number of nitrogens with zero attached hydrogens (tertiary/aromatic N) is 2. The quantitative estimate of drug-likeness (QED) is 0.468. The molecule has 0 atom stereocenters. The average Bonchev–Trinajstić information content (AvgIpc) is 2.24. The van der Waals surface area contributed by atoms with Gasteiger partial charge in [0.1, 0.15) is 16.7 Å². The van der Waals surface area contributed by atoms with Crippen LogP contribution in [0.15, 0.2) is 5.03 Å². The van der Waals surface area contributed by atoms with Crippen molar-refractivity contribution < 1.29 is 5.11 Å². The molecule has 0 radical (unpaired) electrons. The Morgan fingerprint density at radius 3 is 2.62 bits per heavy atom. The molecule has 0 aliphatic carbocycles. The second kappa shape index (κ2) is 6.06. The summed E-state index contributed by atoms with van der Waals surface area (Å²) >= 11 is 1.63. The molecule has 1 heterocycles.